The van der Waals surface area contributed by atoms with Crippen molar-refractivity contribution < 1.29 is 9.53 Å². The summed E-state index contributed by atoms with van der Waals surface area (Å²) in [7, 11) is 3.23. The molecule has 2 N–H and O–H groups in total. The van der Waals surface area contributed by atoms with Crippen LogP contribution in [0.25, 0.3) is 11.1 Å². The molecular formula is C22H23N3O2. The molecule has 1 aliphatic rings. The van der Waals surface area contributed by atoms with Crippen LogP contribution in [0.3, 0.4) is 0 Å². The van der Waals surface area contributed by atoms with Crippen LogP contribution in [0.15, 0.2) is 48.5 Å². The van der Waals surface area contributed by atoms with Crippen molar-refractivity contribution in [2.75, 3.05) is 14.2 Å². The number of rotatable bonds is 4. The van der Waals surface area contributed by atoms with Gasteiger partial charge in [-0.3, -0.25) is 15.1 Å². The van der Waals surface area contributed by atoms with E-state index in [4.69, 9.17) is 16.6 Å². The van der Waals surface area contributed by atoms with E-state index in [1.807, 2.05) is 55.5 Å². The van der Waals surface area contributed by atoms with Gasteiger partial charge in [0, 0.05) is 13.5 Å². The van der Waals surface area contributed by atoms with Crippen molar-refractivity contribution in [3.8, 4) is 29.2 Å². The molecule has 0 radical (unpaired) electrons. The van der Waals surface area contributed by atoms with Gasteiger partial charge in [-0.25, -0.2) is 0 Å². The number of carbonyl (C=O) groups is 1. The molecule has 0 bridgehead atoms. The second-order valence-corrected chi connectivity index (χ2v) is 6.85. The van der Waals surface area contributed by atoms with Crippen LogP contribution in [-0.2, 0) is 10.3 Å². The van der Waals surface area contributed by atoms with E-state index in [0.717, 1.165) is 22.4 Å². The summed E-state index contributed by atoms with van der Waals surface area (Å²) in [6, 6.07) is 15.8. The largest absolute Gasteiger partial charge is 0.497 e. The zero-order chi connectivity index (χ0) is 19.6. The molecular weight excluding hydrogens is 338 g/mol. The lowest BCUT2D eigenvalue weighted by Gasteiger charge is -2.45. The van der Waals surface area contributed by atoms with E-state index in [-0.39, 0.29) is 11.9 Å². The Kier molecular flexibility index (Phi) is 4.91. The Bertz CT molecular complexity index is 931. The Labute approximate surface area is 159 Å². The second-order valence-electron chi connectivity index (χ2n) is 6.85. The molecule has 1 amide bonds. The van der Waals surface area contributed by atoms with Crippen LogP contribution in [0.2, 0.25) is 0 Å². The standard InChI is InChI=1S/C22H23N3O2/c1-5-8-19-20(26)25(3)21(23)24-22(19,2)17-11-6-9-15(13-17)16-10-7-12-18(14-16)27-4/h1,6-7,9-14,19H,8H2,2-4H3,(H2,23,24)/t19-,22-/m1/s1. The Morgan fingerprint density at radius 1 is 1.26 bits per heavy atom. The highest BCUT2D eigenvalue weighted by Gasteiger charge is 2.47. The van der Waals surface area contributed by atoms with Crippen molar-refractivity contribution in [2.24, 2.45) is 5.92 Å². The third-order valence-corrected chi connectivity index (χ3v) is 5.23. The van der Waals surface area contributed by atoms with Crippen LogP contribution in [0.4, 0.5) is 0 Å². The number of nitrogens with one attached hydrogen (secondary N) is 2. The highest BCUT2D eigenvalue weighted by molar-refractivity contribution is 6.00. The Morgan fingerprint density at radius 2 is 1.93 bits per heavy atom. The monoisotopic (exact) mass is 361 g/mol. The minimum Gasteiger partial charge on any atom is -0.497 e. The minimum atomic E-state index is -0.762. The summed E-state index contributed by atoms with van der Waals surface area (Å²) in [6.45, 7) is 1.93. The summed E-state index contributed by atoms with van der Waals surface area (Å²) in [6.07, 6.45) is 5.83. The van der Waals surface area contributed by atoms with Gasteiger partial charge in [0.1, 0.15) is 5.75 Å². The summed E-state index contributed by atoms with van der Waals surface area (Å²) in [4.78, 5) is 14.1. The molecule has 2 aromatic carbocycles. The van der Waals surface area contributed by atoms with Crippen LogP contribution in [0.5, 0.6) is 5.75 Å². The maximum absolute atomic E-state index is 12.8. The van der Waals surface area contributed by atoms with Gasteiger partial charge in [-0.05, 0) is 41.8 Å². The van der Waals surface area contributed by atoms with Crippen LogP contribution >= 0.6 is 0 Å². The summed E-state index contributed by atoms with van der Waals surface area (Å²) in [5.74, 6) is 2.86. The Morgan fingerprint density at radius 3 is 2.59 bits per heavy atom. The smallest absolute Gasteiger partial charge is 0.235 e. The predicted octanol–water partition coefficient (Wildman–Crippen LogP) is 3.21. The number of hydrogen-bond acceptors (Lipinski definition) is 3. The van der Waals surface area contributed by atoms with Gasteiger partial charge in [-0.2, -0.15) is 0 Å². The van der Waals surface area contributed by atoms with E-state index >= 15 is 0 Å². The van der Waals surface area contributed by atoms with Gasteiger partial charge in [0.15, 0.2) is 5.96 Å². The first-order valence-corrected chi connectivity index (χ1v) is 8.73. The van der Waals surface area contributed by atoms with Gasteiger partial charge < -0.3 is 10.1 Å². The molecule has 27 heavy (non-hydrogen) atoms. The molecule has 5 nitrogen and oxygen atoms in total. The topological polar surface area (TPSA) is 65.4 Å². The van der Waals surface area contributed by atoms with E-state index in [1.54, 1.807) is 14.2 Å². The molecule has 0 unspecified atom stereocenters. The van der Waals surface area contributed by atoms with Crippen LogP contribution in [0.1, 0.15) is 18.9 Å². The number of methoxy groups -OCH3 is 1. The molecule has 0 aliphatic carbocycles. The lowest BCUT2D eigenvalue weighted by molar-refractivity contribution is -0.135. The summed E-state index contributed by atoms with van der Waals surface area (Å²) >= 11 is 0. The molecule has 1 heterocycles. The minimum absolute atomic E-state index is 0.0718. The second kappa shape index (κ2) is 7.16. The highest BCUT2D eigenvalue weighted by Crippen LogP contribution is 2.37. The van der Waals surface area contributed by atoms with Gasteiger partial charge in [0.05, 0.1) is 18.6 Å². The molecule has 0 saturated carbocycles. The first-order valence-electron chi connectivity index (χ1n) is 8.73. The molecule has 1 fully saturated rings. The fourth-order valence-electron chi connectivity index (χ4n) is 3.51. The van der Waals surface area contributed by atoms with Crippen molar-refractivity contribution >= 4 is 11.9 Å². The zero-order valence-electron chi connectivity index (χ0n) is 15.7. The van der Waals surface area contributed by atoms with Gasteiger partial charge in [0.25, 0.3) is 0 Å². The van der Waals surface area contributed by atoms with E-state index < -0.39 is 11.5 Å². The number of carbonyl (C=O) groups excluding carboxylic acids is 1. The van der Waals surface area contributed by atoms with Gasteiger partial charge in [0.2, 0.25) is 5.91 Å². The molecule has 2 aromatic rings. The van der Waals surface area contributed by atoms with Crippen molar-refractivity contribution in [2.45, 2.75) is 18.9 Å². The maximum atomic E-state index is 12.8. The fourth-order valence-corrected chi connectivity index (χ4v) is 3.51. The Balaban J connectivity index is 2.07. The zero-order valence-corrected chi connectivity index (χ0v) is 15.7. The molecule has 2 atom stereocenters. The lowest BCUT2D eigenvalue weighted by Crippen LogP contribution is -2.63. The number of amides is 1. The van der Waals surface area contributed by atoms with Crippen LogP contribution in [-0.4, -0.2) is 30.9 Å². The summed E-state index contributed by atoms with van der Waals surface area (Å²) < 4.78 is 5.32. The predicted molar refractivity (Wildman–Crippen MR) is 106 cm³/mol. The first kappa shape index (κ1) is 18.5. The average molecular weight is 361 g/mol. The molecule has 1 aliphatic heterocycles. The molecule has 0 aromatic heterocycles. The number of nitrogens with zero attached hydrogens (tertiary/aromatic N) is 1. The number of benzene rings is 2. The van der Waals surface area contributed by atoms with Crippen molar-refractivity contribution in [3.05, 3.63) is 54.1 Å². The van der Waals surface area contributed by atoms with Crippen molar-refractivity contribution in [1.82, 2.24) is 10.2 Å². The average Bonchev–Trinajstić information content (AvgIpc) is 2.70. The Hall–Kier alpha value is -3.26. The van der Waals surface area contributed by atoms with Gasteiger partial charge in [-0.15, -0.1) is 12.3 Å². The third-order valence-electron chi connectivity index (χ3n) is 5.23. The highest BCUT2D eigenvalue weighted by atomic mass is 16.5. The number of hydrogen-bond donors (Lipinski definition) is 2. The third kappa shape index (κ3) is 3.26. The van der Waals surface area contributed by atoms with Crippen molar-refractivity contribution in [3.63, 3.8) is 0 Å². The normalized spacial score (nSPS) is 22.1. The fraction of sp³-hybridized carbons (Fsp3) is 0.273. The molecule has 1 saturated heterocycles. The molecule has 0 spiro atoms. The lowest BCUT2D eigenvalue weighted by atomic mass is 9.75. The molecule has 5 heteroatoms. The van der Waals surface area contributed by atoms with E-state index in [2.05, 4.69) is 11.2 Å². The first-order chi connectivity index (χ1) is 12.9. The van der Waals surface area contributed by atoms with Crippen LogP contribution < -0.4 is 10.1 Å². The summed E-state index contributed by atoms with van der Waals surface area (Å²) in [5.41, 5.74) is 2.17. The number of guanidine groups is 1. The van der Waals surface area contributed by atoms with E-state index in [1.165, 1.54) is 4.90 Å². The SMILES string of the molecule is C#CC[C@@H]1C(=O)N(C)C(=N)N[C@]1(C)c1cccc(-c2cccc(OC)c2)c1. The summed E-state index contributed by atoms with van der Waals surface area (Å²) in [5, 5.41) is 11.3. The maximum Gasteiger partial charge on any atom is 0.235 e. The van der Waals surface area contributed by atoms with Crippen molar-refractivity contribution in [1.29, 1.82) is 5.41 Å². The van der Waals surface area contributed by atoms with Gasteiger partial charge >= 0.3 is 0 Å². The number of terminal acetylenes is 1. The van der Waals surface area contributed by atoms with Crippen LogP contribution in [0, 0.1) is 23.7 Å². The number of ether oxygens (including phenoxy) is 1. The molecule has 3 rings (SSSR count). The van der Waals surface area contributed by atoms with E-state index in [0.29, 0.717) is 6.42 Å². The van der Waals surface area contributed by atoms with E-state index in [9.17, 15) is 4.79 Å². The quantitative estimate of drug-likeness (QED) is 0.822. The van der Waals surface area contributed by atoms with Gasteiger partial charge in [-0.1, -0.05) is 30.3 Å². The molecule has 138 valence electrons.